The third-order valence-corrected chi connectivity index (χ3v) is 3.89. The largest absolute Gasteiger partial charge is 0.389 e. The van der Waals surface area contributed by atoms with E-state index in [1.54, 1.807) is 25.1 Å². The van der Waals surface area contributed by atoms with Crippen molar-refractivity contribution in [3.8, 4) is 0 Å². The predicted molar refractivity (Wildman–Crippen MR) is 76.8 cm³/mol. The highest BCUT2D eigenvalue weighted by molar-refractivity contribution is 6.40. The molecule has 1 aromatic rings. The summed E-state index contributed by atoms with van der Waals surface area (Å²) in [5.41, 5.74) is 0.627. The molecule has 0 radical (unpaired) electrons. The molecule has 3 rings (SSSR count). The highest BCUT2D eigenvalue weighted by Gasteiger charge is 2.46. The summed E-state index contributed by atoms with van der Waals surface area (Å²) in [6.45, 7) is 0.687. The van der Waals surface area contributed by atoms with Crippen LogP contribution in [0.4, 0.5) is 4.39 Å². The van der Waals surface area contributed by atoms with Gasteiger partial charge in [0.05, 0.1) is 12.5 Å². The predicted octanol–water partition coefficient (Wildman–Crippen LogP) is 0.741. The smallest absolute Gasteiger partial charge is 0.271 e. The standard InChI is InChI=1S/C15H16FN3O3/c1-18(2)15(21)13-11-7-19(8-12(11)22-17-13)14(20)9-4-3-5-10(16)6-9/h3-6,11-12H,7-8H2,1-2H3/t11-,12+/m0/s1. The van der Waals surface area contributed by atoms with Crippen LogP contribution in [0.2, 0.25) is 0 Å². The summed E-state index contributed by atoms with van der Waals surface area (Å²) in [4.78, 5) is 32.7. The number of oxime groups is 1. The van der Waals surface area contributed by atoms with Crippen LogP contribution in [0.5, 0.6) is 0 Å². The van der Waals surface area contributed by atoms with Gasteiger partial charge in [0.1, 0.15) is 5.82 Å². The normalized spacial score (nSPS) is 22.9. The van der Waals surface area contributed by atoms with E-state index < -0.39 is 5.82 Å². The van der Waals surface area contributed by atoms with Crippen LogP contribution >= 0.6 is 0 Å². The van der Waals surface area contributed by atoms with Gasteiger partial charge in [-0.3, -0.25) is 9.59 Å². The first-order valence-corrected chi connectivity index (χ1v) is 6.97. The van der Waals surface area contributed by atoms with Crippen LogP contribution in [0.1, 0.15) is 10.4 Å². The summed E-state index contributed by atoms with van der Waals surface area (Å²) in [6.07, 6.45) is -0.309. The minimum absolute atomic E-state index is 0.215. The van der Waals surface area contributed by atoms with Crippen molar-refractivity contribution in [1.82, 2.24) is 9.80 Å². The Kier molecular flexibility index (Phi) is 3.56. The van der Waals surface area contributed by atoms with Crippen LogP contribution in [-0.4, -0.2) is 60.6 Å². The Bertz CT molecular complexity index is 659. The summed E-state index contributed by atoms with van der Waals surface area (Å²) in [6, 6.07) is 5.56. The van der Waals surface area contributed by atoms with E-state index in [1.807, 2.05) is 0 Å². The number of hydrogen-bond donors (Lipinski definition) is 0. The number of benzene rings is 1. The van der Waals surface area contributed by atoms with Gasteiger partial charge in [0.25, 0.3) is 11.8 Å². The quantitative estimate of drug-likeness (QED) is 0.809. The molecule has 1 saturated heterocycles. The molecule has 0 unspecified atom stereocenters. The molecule has 2 amide bonds. The van der Waals surface area contributed by atoms with Gasteiger partial charge in [0, 0.05) is 26.2 Å². The number of rotatable bonds is 2. The number of carbonyl (C=O) groups excluding carboxylic acids is 2. The maximum Gasteiger partial charge on any atom is 0.271 e. The second kappa shape index (κ2) is 5.40. The summed E-state index contributed by atoms with van der Waals surface area (Å²) in [5.74, 6) is -1.17. The fourth-order valence-electron chi connectivity index (χ4n) is 2.73. The van der Waals surface area contributed by atoms with Gasteiger partial charge in [-0.15, -0.1) is 0 Å². The van der Waals surface area contributed by atoms with Crippen molar-refractivity contribution in [3.05, 3.63) is 35.6 Å². The highest BCUT2D eigenvalue weighted by atomic mass is 19.1. The van der Waals surface area contributed by atoms with Gasteiger partial charge in [-0.05, 0) is 18.2 Å². The van der Waals surface area contributed by atoms with Crippen molar-refractivity contribution in [1.29, 1.82) is 0 Å². The van der Waals surface area contributed by atoms with Crippen LogP contribution < -0.4 is 0 Å². The molecule has 0 bridgehead atoms. The molecule has 2 aliphatic heterocycles. The lowest BCUT2D eigenvalue weighted by molar-refractivity contribution is -0.122. The molecule has 2 aliphatic rings. The van der Waals surface area contributed by atoms with Gasteiger partial charge in [-0.2, -0.15) is 0 Å². The molecule has 116 valence electrons. The summed E-state index contributed by atoms with van der Waals surface area (Å²) in [7, 11) is 3.28. The Morgan fingerprint density at radius 3 is 2.82 bits per heavy atom. The van der Waals surface area contributed by atoms with Gasteiger partial charge in [-0.25, -0.2) is 4.39 Å². The van der Waals surface area contributed by atoms with Gasteiger partial charge in [0.2, 0.25) is 0 Å². The molecule has 22 heavy (non-hydrogen) atoms. The van der Waals surface area contributed by atoms with Crippen molar-refractivity contribution in [2.45, 2.75) is 6.10 Å². The summed E-state index contributed by atoms with van der Waals surface area (Å²) in [5, 5.41) is 3.85. The first-order chi connectivity index (χ1) is 10.5. The lowest BCUT2D eigenvalue weighted by Gasteiger charge is -2.17. The second-order valence-electron chi connectivity index (χ2n) is 5.65. The fraction of sp³-hybridized carbons (Fsp3) is 0.400. The van der Waals surface area contributed by atoms with Gasteiger partial charge in [0.15, 0.2) is 11.8 Å². The monoisotopic (exact) mass is 305 g/mol. The van der Waals surface area contributed by atoms with Crippen LogP contribution in [0.25, 0.3) is 0 Å². The number of carbonyl (C=O) groups is 2. The number of amides is 2. The Morgan fingerprint density at radius 2 is 2.14 bits per heavy atom. The first kappa shape index (κ1) is 14.5. The lowest BCUT2D eigenvalue weighted by Crippen LogP contribution is -2.36. The first-order valence-electron chi connectivity index (χ1n) is 6.97. The van der Waals surface area contributed by atoms with E-state index in [4.69, 9.17) is 4.84 Å². The zero-order chi connectivity index (χ0) is 15.9. The topological polar surface area (TPSA) is 62.2 Å². The summed E-state index contributed by atoms with van der Waals surface area (Å²) < 4.78 is 13.2. The molecule has 7 heteroatoms. The summed E-state index contributed by atoms with van der Waals surface area (Å²) >= 11 is 0. The minimum atomic E-state index is -0.452. The zero-order valence-corrected chi connectivity index (χ0v) is 12.3. The van der Waals surface area contributed by atoms with Crippen LogP contribution in [0.15, 0.2) is 29.4 Å². The van der Waals surface area contributed by atoms with Crippen molar-refractivity contribution < 1.29 is 18.8 Å². The third kappa shape index (κ3) is 2.43. The number of nitrogens with zero attached hydrogens (tertiary/aromatic N) is 3. The van der Waals surface area contributed by atoms with Crippen molar-refractivity contribution in [2.75, 3.05) is 27.2 Å². The van der Waals surface area contributed by atoms with E-state index >= 15 is 0 Å². The number of halogens is 1. The molecule has 0 N–H and O–H groups in total. The van der Waals surface area contributed by atoms with Crippen molar-refractivity contribution >= 4 is 17.5 Å². The van der Waals surface area contributed by atoms with Gasteiger partial charge < -0.3 is 14.6 Å². The van der Waals surface area contributed by atoms with E-state index in [2.05, 4.69) is 5.16 Å². The molecule has 0 aliphatic carbocycles. The lowest BCUT2D eigenvalue weighted by atomic mass is 10.00. The highest BCUT2D eigenvalue weighted by Crippen LogP contribution is 2.28. The third-order valence-electron chi connectivity index (χ3n) is 3.89. The molecule has 1 aromatic carbocycles. The van der Waals surface area contributed by atoms with E-state index in [0.717, 1.165) is 0 Å². The second-order valence-corrected chi connectivity index (χ2v) is 5.65. The van der Waals surface area contributed by atoms with Gasteiger partial charge in [-0.1, -0.05) is 11.2 Å². The minimum Gasteiger partial charge on any atom is -0.389 e. The number of likely N-dealkylation sites (tertiary alicyclic amines) is 1. The number of hydrogen-bond acceptors (Lipinski definition) is 4. The van der Waals surface area contributed by atoms with E-state index in [-0.39, 0.29) is 29.4 Å². The van der Waals surface area contributed by atoms with Crippen LogP contribution in [0.3, 0.4) is 0 Å². The molecular formula is C15H16FN3O3. The van der Waals surface area contributed by atoms with Crippen molar-refractivity contribution in [3.63, 3.8) is 0 Å². The molecule has 2 atom stereocenters. The average molecular weight is 305 g/mol. The molecule has 2 heterocycles. The maximum absolute atomic E-state index is 13.2. The van der Waals surface area contributed by atoms with Crippen LogP contribution in [-0.2, 0) is 9.63 Å². The molecular weight excluding hydrogens is 289 g/mol. The Hall–Kier alpha value is -2.44. The molecule has 6 nitrogen and oxygen atoms in total. The average Bonchev–Trinajstić information content (AvgIpc) is 3.05. The Morgan fingerprint density at radius 1 is 1.36 bits per heavy atom. The van der Waals surface area contributed by atoms with E-state index in [0.29, 0.717) is 18.8 Å². The molecule has 0 saturated carbocycles. The Balaban J connectivity index is 1.74. The van der Waals surface area contributed by atoms with Gasteiger partial charge >= 0.3 is 0 Å². The number of fused-ring (bicyclic) bond motifs is 1. The zero-order valence-electron chi connectivity index (χ0n) is 12.3. The molecule has 0 spiro atoms. The van der Waals surface area contributed by atoms with Crippen LogP contribution in [0, 0.1) is 11.7 Å². The Labute approximate surface area is 127 Å². The van der Waals surface area contributed by atoms with E-state index in [1.165, 1.54) is 23.1 Å². The molecule has 0 aromatic heterocycles. The SMILES string of the molecule is CN(C)C(=O)C1=NO[C@@H]2CN(C(=O)c3cccc(F)c3)C[C@H]12. The van der Waals surface area contributed by atoms with Crippen molar-refractivity contribution in [2.24, 2.45) is 11.1 Å². The maximum atomic E-state index is 13.2. The van der Waals surface area contributed by atoms with E-state index in [9.17, 15) is 14.0 Å². The molecule has 1 fully saturated rings. The fourth-order valence-corrected chi connectivity index (χ4v) is 2.73.